The molecule has 1 aromatic rings. The van der Waals surface area contributed by atoms with Crippen LogP contribution in [-0.4, -0.2) is 4.98 Å². The van der Waals surface area contributed by atoms with Gasteiger partial charge >= 0.3 is 0 Å². The van der Waals surface area contributed by atoms with Gasteiger partial charge in [-0.15, -0.1) is 0 Å². The fourth-order valence-electron chi connectivity index (χ4n) is 0.913. The Balaban J connectivity index is 2.70. The molecule has 0 aromatic carbocycles. The van der Waals surface area contributed by atoms with E-state index >= 15 is 0 Å². The minimum Gasteiger partial charge on any atom is -0.241 e. The number of pyridine rings is 1. The van der Waals surface area contributed by atoms with Gasteiger partial charge in [-0.2, -0.15) is 0 Å². The molecule has 0 amide bonds. The Hall–Kier alpha value is -1.08. The molecule has 1 rings (SSSR count). The second-order valence-corrected chi connectivity index (χ2v) is 3.20. The summed E-state index contributed by atoms with van der Waals surface area (Å²) >= 11 is 5.74. The highest BCUT2D eigenvalue weighted by atomic mass is 35.5. The van der Waals surface area contributed by atoms with Gasteiger partial charge in [0.2, 0.25) is 0 Å². The van der Waals surface area contributed by atoms with Gasteiger partial charge in [0.15, 0.2) is 0 Å². The summed E-state index contributed by atoms with van der Waals surface area (Å²) in [6, 6.07) is 5.63. The smallest absolute Gasteiger partial charge is 0.129 e. The number of halogens is 1. The van der Waals surface area contributed by atoms with Crippen molar-refractivity contribution in [2.24, 2.45) is 0 Å². The number of rotatable bonds is 3. The molecule has 1 nitrogen and oxygen atoms in total. The molecule has 0 saturated carbocycles. The molecule has 0 aliphatic rings. The van der Waals surface area contributed by atoms with E-state index in [4.69, 9.17) is 11.6 Å². The fraction of sp³-hybridized carbons (Fsp3) is 0.182. The van der Waals surface area contributed by atoms with Crippen LogP contribution in [0.2, 0.25) is 5.15 Å². The van der Waals surface area contributed by atoms with Crippen molar-refractivity contribution in [1.29, 1.82) is 0 Å². The lowest BCUT2D eigenvalue weighted by molar-refractivity contribution is 1.10. The maximum Gasteiger partial charge on any atom is 0.129 e. The van der Waals surface area contributed by atoms with Crippen LogP contribution in [0.1, 0.15) is 12.6 Å². The lowest BCUT2D eigenvalue weighted by atomic mass is 10.2. The number of nitrogens with zero attached hydrogens (tertiary/aromatic N) is 1. The summed E-state index contributed by atoms with van der Waals surface area (Å²) in [5, 5.41) is 0.544. The molecule has 1 heterocycles. The number of hydrogen-bond donors (Lipinski definition) is 0. The molecule has 0 aliphatic carbocycles. The Kier molecular flexibility index (Phi) is 3.71. The van der Waals surface area contributed by atoms with E-state index in [1.807, 2.05) is 25.1 Å². The average molecular weight is 194 g/mol. The molecule has 0 bridgehead atoms. The van der Waals surface area contributed by atoms with Crippen LogP contribution in [-0.2, 0) is 6.42 Å². The highest BCUT2D eigenvalue weighted by molar-refractivity contribution is 6.29. The predicted octanol–water partition coefficient (Wildman–Crippen LogP) is 3.41. The zero-order valence-corrected chi connectivity index (χ0v) is 8.38. The molecule has 1 aromatic heterocycles. The molecule has 0 atom stereocenters. The van der Waals surface area contributed by atoms with Crippen molar-refractivity contribution >= 4 is 11.6 Å². The molecule has 68 valence electrons. The molecule has 0 saturated heterocycles. The van der Waals surface area contributed by atoms with Gasteiger partial charge in [-0.1, -0.05) is 42.0 Å². The Morgan fingerprint density at radius 3 is 3.00 bits per heavy atom. The molecule has 2 heteroatoms. The Labute approximate surface area is 83.8 Å². The zero-order chi connectivity index (χ0) is 9.68. The molecule has 0 unspecified atom stereocenters. The summed E-state index contributed by atoms with van der Waals surface area (Å²) in [4.78, 5) is 4.17. The van der Waals surface area contributed by atoms with Gasteiger partial charge in [0.1, 0.15) is 5.15 Å². The Bertz CT molecular complexity index is 329. The number of allylic oxidation sites excluding steroid dienone is 3. The lowest BCUT2D eigenvalue weighted by Crippen LogP contribution is -1.87. The van der Waals surface area contributed by atoms with E-state index in [1.54, 1.807) is 6.07 Å². The number of hydrogen-bond acceptors (Lipinski definition) is 1. The summed E-state index contributed by atoms with van der Waals surface area (Å²) in [5.41, 5.74) is 2.13. The van der Waals surface area contributed by atoms with Gasteiger partial charge in [0.25, 0.3) is 0 Å². The maximum atomic E-state index is 5.74. The van der Waals surface area contributed by atoms with Gasteiger partial charge < -0.3 is 0 Å². The minimum absolute atomic E-state index is 0.544. The quantitative estimate of drug-likeness (QED) is 0.530. The second kappa shape index (κ2) is 4.83. The van der Waals surface area contributed by atoms with Crippen molar-refractivity contribution in [3.63, 3.8) is 0 Å². The summed E-state index contributed by atoms with van der Waals surface area (Å²) in [7, 11) is 0. The van der Waals surface area contributed by atoms with Gasteiger partial charge in [0.05, 0.1) is 0 Å². The van der Waals surface area contributed by atoms with E-state index < -0.39 is 0 Å². The average Bonchev–Trinajstić information content (AvgIpc) is 2.14. The summed E-state index contributed by atoms with van der Waals surface area (Å²) in [6.07, 6.45) is 4.70. The molecule has 0 spiro atoms. The lowest BCUT2D eigenvalue weighted by Gasteiger charge is -1.96. The van der Waals surface area contributed by atoms with E-state index in [0.29, 0.717) is 5.15 Å². The molecular weight excluding hydrogens is 182 g/mol. The van der Waals surface area contributed by atoms with Crippen molar-refractivity contribution in [2.45, 2.75) is 13.3 Å². The van der Waals surface area contributed by atoms with E-state index in [0.717, 1.165) is 17.7 Å². The predicted molar refractivity (Wildman–Crippen MR) is 56.9 cm³/mol. The molecule has 0 N–H and O–H groups in total. The molecule has 0 aliphatic heterocycles. The normalized spacial score (nSPS) is 11.4. The monoisotopic (exact) mass is 193 g/mol. The molecular formula is C11H12ClN. The van der Waals surface area contributed by atoms with Crippen molar-refractivity contribution in [2.75, 3.05) is 0 Å². The van der Waals surface area contributed by atoms with Crippen LogP contribution in [0.3, 0.4) is 0 Å². The maximum absolute atomic E-state index is 5.74. The van der Waals surface area contributed by atoms with Gasteiger partial charge in [-0.05, 0) is 19.1 Å². The van der Waals surface area contributed by atoms with Crippen LogP contribution < -0.4 is 0 Å². The molecule has 13 heavy (non-hydrogen) atoms. The largest absolute Gasteiger partial charge is 0.241 e. The first-order valence-corrected chi connectivity index (χ1v) is 4.51. The SMILES string of the molecule is C=C/C(C)=C/Cc1cccc(Cl)n1. The molecule has 0 fully saturated rings. The van der Waals surface area contributed by atoms with E-state index in [-0.39, 0.29) is 0 Å². The van der Waals surface area contributed by atoms with Crippen LogP contribution in [0.5, 0.6) is 0 Å². The summed E-state index contributed by atoms with van der Waals surface area (Å²) in [6.45, 7) is 5.69. The van der Waals surface area contributed by atoms with E-state index in [9.17, 15) is 0 Å². The second-order valence-electron chi connectivity index (χ2n) is 2.81. The highest BCUT2D eigenvalue weighted by Gasteiger charge is 1.92. The highest BCUT2D eigenvalue weighted by Crippen LogP contribution is 2.07. The van der Waals surface area contributed by atoms with Crippen molar-refractivity contribution < 1.29 is 0 Å². The van der Waals surface area contributed by atoms with Crippen LogP contribution in [0.25, 0.3) is 0 Å². The Morgan fingerprint density at radius 1 is 1.62 bits per heavy atom. The third-order valence-electron chi connectivity index (χ3n) is 1.73. The van der Waals surface area contributed by atoms with E-state index in [1.165, 1.54) is 0 Å². The molecule has 0 radical (unpaired) electrons. The first-order valence-electron chi connectivity index (χ1n) is 4.13. The third-order valence-corrected chi connectivity index (χ3v) is 1.94. The standard InChI is InChI=1S/C11H12ClN/c1-3-9(2)7-8-10-5-4-6-11(12)13-10/h3-7H,1,8H2,2H3/b9-7+. The number of aromatic nitrogens is 1. The van der Waals surface area contributed by atoms with Gasteiger partial charge in [0, 0.05) is 12.1 Å². The van der Waals surface area contributed by atoms with E-state index in [2.05, 4.69) is 17.6 Å². The summed E-state index contributed by atoms with van der Waals surface area (Å²) < 4.78 is 0. The van der Waals surface area contributed by atoms with Crippen LogP contribution >= 0.6 is 11.6 Å². The Morgan fingerprint density at radius 2 is 2.38 bits per heavy atom. The van der Waals surface area contributed by atoms with Crippen molar-refractivity contribution in [3.8, 4) is 0 Å². The van der Waals surface area contributed by atoms with Crippen LogP contribution in [0.4, 0.5) is 0 Å². The first kappa shape index (κ1) is 10.0. The zero-order valence-electron chi connectivity index (χ0n) is 7.63. The van der Waals surface area contributed by atoms with Crippen molar-refractivity contribution in [3.05, 3.63) is 53.4 Å². The fourth-order valence-corrected chi connectivity index (χ4v) is 1.09. The van der Waals surface area contributed by atoms with Crippen LogP contribution in [0.15, 0.2) is 42.5 Å². The van der Waals surface area contributed by atoms with Crippen molar-refractivity contribution in [1.82, 2.24) is 4.98 Å². The summed E-state index contributed by atoms with van der Waals surface area (Å²) in [5.74, 6) is 0. The first-order chi connectivity index (χ1) is 6.22. The van der Waals surface area contributed by atoms with Gasteiger partial charge in [-0.25, -0.2) is 4.98 Å². The third kappa shape index (κ3) is 3.43. The minimum atomic E-state index is 0.544. The topological polar surface area (TPSA) is 12.9 Å². The van der Waals surface area contributed by atoms with Crippen LogP contribution in [0, 0.1) is 0 Å². The van der Waals surface area contributed by atoms with Gasteiger partial charge in [-0.3, -0.25) is 0 Å².